The van der Waals surface area contributed by atoms with Gasteiger partial charge in [-0.3, -0.25) is 4.79 Å². The molecule has 1 fully saturated rings. The lowest BCUT2D eigenvalue weighted by atomic mass is 10.0. The van der Waals surface area contributed by atoms with Crippen LogP contribution in [0.2, 0.25) is 0 Å². The third kappa shape index (κ3) is 7.53. The van der Waals surface area contributed by atoms with Gasteiger partial charge < -0.3 is 16.0 Å². The summed E-state index contributed by atoms with van der Waals surface area (Å²) in [6.45, 7) is 6.46. The third-order valence-corrected chi connectivity index (χ3v) is 3.89. The fraction of sp³-hybridized carbons (Fsp3) is 0.933. The van der Waals surface area contributed by atoms with E-state index >= 15 is 0 Å². The van der Waals surface area contributed by atoms with Crippen molar-refractivity contribution in [2.45, 2.75) is 64.3 Å². The van der Waals surface area contributed by atoms with Gasteiger partial charge in [0.25, 0.3) is 0 Å². The molecule has 1 aliphatic heterocycles. The molecule has 0 atom stereocenters. The van der Waals surface area contributed by atoms with Gasteiger partial charge in [-0.2, -0.15) is 0 Å². The Morgan fingerprint density at radius 3 is 2.58 bits per heavy atom. The SMILES string of the molecule is CCCCN1CCC(NC(=O)CCCCCN)CC1. The minimum Gasteiger partial charge on any atom is -0.353 e. The Hall–Kier alpha value is -0.610. The van der Waals surface area contributed by atoms with E-state index in [1.54, 1.807) is 0 Å². The molecule has 0 radical (unpaired) electrons. The first kappa shape index (κ1) is 16.4. The number of nitrogens with two attached hydrogens (primary N) is 1. The molecular formula is C15H31N3O. The topological polar surface area (TPSA) is 58.4 Å². The average Bonchev–Trinajstić information content (AvgIpc) is 2.43. The number of amides is 1. The third-order valence-electron chi connectivity index (χ3n) is 3.89. The van der Waals surface area contributed by atoms with Crippen molar-refractivity contribution in [1.29, 1.82) is 0 Å². The lowest BCUT2D eigenvalue weighted by Crippen LogP contribution is -2.44. The minimum atomic E-state index is 0.226. The fourth-order valence-corrected chi connectivity index (χ4v) is 2.59. The van der Waals surface area contributed by atoms with E-state index in [0.29, 0.717) is 12.5 Å². The van der Waals surface area contributed by atoms with E-state index in [1.807, 2.05) is 0 Å². The molecule has 0 saturated carbocycles. The van der Waals surface area contributed by atoms with E-state index in [2.05, 4.69) is 17.1 Å². The highest BCUT2D eigenvalue weighted by molar-refractivity contribution is 5.76. The highest BCUT2D eigenvalue weighted by atomic mass is 16.1. The van der Waals surface area contributed by atoms with Crippen molar-refractivity contribution in [3.8, 4) is 0 Å². The van der Waals surface area contributed by atoms with E-state index in [0.717, 1.165) is 51.7 Å². The van der Waals surface area contributed by atoms with Crippen molar-refractivity contribution >= 4 is 5.91 Å². The maximum absolute atomic E-state index is 11.8. The molecule has 0 spiro atoms. The number of piperidine rings is 1. The van der Waals surface area contributed by atoms with Crippen molar-refractivity contribution < 1.29 is 4.79 Å². The zero-order chi connectivity index (χ0) is 13.9. The zero-order valence-corrected chi connectivity index (χ0v) is 12.5. The normalized spacial score (nSPS) is 17.6. The summed E-state index contributed by atoms with van der Waals surface area (Å²) in [6, 6.07) is 0.403. The Morgan fingerprint density at radius 1 is 1.21 bits per heavy atom. The summed E-state index contributed by atoms with van der Waals surface area (Å²) in [7, 11) is 0. The first-order valence-corrected chi connectivity index (χ1v) is 7.98. The Morgan fingerprint density at radius 2 is 1.95 bits per heavy atom. The van der Waals surface area contributed by atoms with Crippen molar-refractivity contribution in [2.24, 2.45) is 5.73 Å². The van der Waals surface area contributed by atoms with Crippen LogP contribution in [0.25, 0.3) is 0 Å². The van der Waals surface area contributed by atoms with Crippen LogP contribution >= 0.6 is 0 Å². The van der Waals surface area contributed by atoms with Crippen molar-refractivity contribution in [2.75, 3.05) is 26.2 Å². The molecule has 19 heavy (non-hydrogen) atoms. The summed E-state index contributed by atoms with van der Waals surface area (Å²) in [4.78, 5) is 14.3. The largest absolute Gasteiger partial charge is 0.353 e. The standard InChI is InChI=1S/C15H31N3O/c1-2-3-11-18-12-8-14(9-13-18)17-15(19)7-5-4-6-10-16/h14H,2-13,16H2,1H3,(H,17,19). The van der Waals surface area contributed by atoms with Gasteiger partial charge in [0.05, 0.1) is 0 Å². The number of nitrogens with zero attached hydrogens (tertiary/aromatic N) is 1. The second-order valence-electron chi connectivity index (χ2n) is 5.64. The number of nitrogens with one attached hydrogen (secondary N) is 1. The van der Waals surface area contributed by atoms with Crippen LogP contribution in [0, 0.1) is 0 Å². The molecule has 1 heterocycles. The van der Waals surface area contributed by atoms with Crippen LogP contribution in [0.15, 0.2) is 0 Å². The highest BCUT2D eigenvalue weighted by Gasteiger charge is 2.19. The molecule has 0 bridgehead atoms. The van der Waals surface area contributed by atoms with Gasteiger partial charge in [0.2, 0.25) is 5.91 Å². The average molecular weight is 269 g/mol. The summed E-state index contributed by atoms with van der Waals surface area (Å²) in [5.41, 5.74) is 5.44. The van der Waals surface area contributed by atoms with E-state index in [4.69, 9.17) is 5.73 Å². The summed E-state index contributed by atoms with van der Waals surface area (Å²) >= 11 is 0. The molecule has 112 valence electrons. The highest BCUT2D eigenvalue weighted by Crippen LogP contribution is 2.11. The molecule has 1 aliphatic rings. The molecule has 1 rings (SSSR count). The van der Waals surface area contributed by atoms with Crippen LogP contribution in [0.4, 0.5) is 0 Å². The second-order valence-corrected chi connectivity index (χ2v) is 5.64. The molecule has 0 aromatic heterocycles. The van der Waals surface area contributed by atoms with Gasteiger partial charge in [-0.25, -0.2) is 0 Å². The minimum absolute atomic E-state index is 0.226. The van der Waals surface area contributed by atoms with Gasteiger partial charge in [0, 0.05) is 25.6 Å². The van der Waals surface area contributed by atoms with E-state index < -0.39 is 0 Å². The monoisotopic (exact) mass is 269 g/mol. The van der Waals surface area contributed by atoms with Crippen LogP contribution in [0.5, 0.6) is 0 Å². The quantitative estimate of drug-likeness (QED) is 0.628. The van der Waals surface area contributed by atoms with Crippen LogP contribution < -0.4 is 11.1 Å². The summed E-state index contributed by atoms with van der Waals surface area (Å²) in [6.07, 6.45) is 8.51. The first-order valence-electron chi connectivity index (χ1n) is 7.98. The lowest BCUT2D eigenvalue weighted by molar-refractivity contribution is -0.122. The van der Waals surface area contributed by atoms with Crippen LogP contribution in [-0.4, -0.2) is 43.0 Å². The van der Waals surface area contributed by atoms with Crippen molar-refractivity contribution in [3.05, 3.63) is 0 Å². The van der Waals surface area contributed by atoms with Gasteiger partial charge in [-0.05, 0) is 45.2 Å². The van der Waals surface area contributed by atoms with E-state index in [9.17, 15) is 4.79 Å². The molecule has 1 saturated heterocycles. The number of hydrogen-bond acceptors (Lipinski definition) is 3. The maximum atomic E-state index is 11.8. The van der Waals surface area contributed by atoms with E-state index in [-0.39, 0.29) is 5.91 Å². The number of rotatable bonds is 9. The van der Waals surface area contributed by atoms with Gasteiger partial charge in [0.15, 0.2) is 0 Å². The second kappa shape index (κ2) is 10.2. The predicted octanol–water partition coefficient (Wildman–Crippen LogP) is 1.89. The fourth-order valence-electron chi connectivity index (χ4n) is 2.59. The van der Waals surface area contributed by atoms with Gasteiger partial charge >= 0.3 is 0 Å². The molecule has 4 nitrogen and oxygen atoms in total. The van der Waals surface area contributed by atoms with Crippen LogP contribution in [-0.2, 0) is 4.79 Å². The summed E-state index contributed by atoms with van der Waals surface area (Å²) in [5, 5.41) is 3.18. The summed E-state index contributed by atoms with van der Waals surface area (Å²) < 4.78 is 0. The number of hydrogen-bond donors (Lipinski definition) is 2. The number of unbranched alkanes of at least 4 members (excludes halogenated alkanes) is 3. The molecule has 1 amide bonds. The summed E-state index contributed by atoms with van der Waals surface area (Å²) in [5.74, 6) is 0.226. The van der Waals surface area contributed by atoms with Gasteiger partial charge in [0.1, 0.15) is 0 Å². The van der Waals surface area contributed by atoms with Gasteiger partial charge in [-0.1, -0.05) is 19.8 Å². The van der Waals surface area contributed by atoms with Crippen LogP contribution in [0.1, 0.15) is 58.3 Å². The van der Waals surface area contributed by atoms with Crippen LogP contribution in [0.3, 0.4) is 0 Å². The first-order chi connectivity index (χ1) is 9.26. The molecule has 0 aromatic rings. The van der Waals surface area contributed by atoms with Crippen molar-refractivity contribution in [1.82, 2.24) is 10.2 Å². The molecular weight excluding hydrogens is 238 g/mol. The molecule has 3 N–H and O–H groups in total. The Kier molecular flexibility index (Phi) is 8.84. The predicted molar refractivity (Wildman–Crippen MR) is 80.0 cm³/mol. The van der Waals surface area contributed by atoms with Crippen molar-refractivity contribution in [3.63, 3.8) is 0 Å². The maximum Gasteiger partial charge on any atom is 0.220 e. The van der Waals surface area contributed by atoms with E-state index in [1.165, 1.54) is 19.4 Å². The Labute approximate surface area is 118 Å². The Balaban J connectivity index is 2.06. The number of likely N-dealkylation sites (tertiary alicyclic amines) is 1. The lowest BCUT2D eigenvalue weighted by Gasteiger charge is -2.32. The number of carbonyl (C=O) groups excluding carboxylic acids is 1. The molecule has 0 aliphatic carbocycles. The zero-order valence-electron chi connectivity index (χ0n) is 12.5. The molecule has 0 aromatic carbocycles. The molecule has 4 heteroatoms. The Bertz CT molecular complexity index is 238. The van der Waals surface area contributed by atoms with Gasteiger partial charge in [-0.15, -0.1) is 0 Å². The molecule has 0 unspecified atom stereocenters. The smallest absolute Gasteiger partial charge is 0.220 e. The number of carbonyl (C=O) groups is 1.